The van der Waals surface area contributed by atoms with Crippen molar-refractivity contribution in [1.29, 1.82) is 0 Å². The lowest BCUT2D eigenvalue weighted by atomic mass is 9.90. The van der Waals surface area contributed by atoms with Gasteiger partial charge >= 0.3 is 0 Å². The van der Waals surface area contributed by atoms with Gasteiger partial charge in [-0.1, -0.05) is 19.1 Å². The first-order chi connectivity index (χ1) is 10.7. The molecular formula is C18H32N2O2. The molecule has 1 saturated heterocycles. The molecule has 0 spiro atoms. The van der Waals surface area contributed by atoms with E-state index in [4.69, 9.17) is 4.74 Å². The molecule has 0 radical (unpaired) electrons. The molecule has 22 heavy (non-hydrogen) atoms. The van der Waals surface area contributed by atoms with Crippen LogP contribution in [-0.4, -0.2) is 49.7 Å². The average Bonchev–Trinajstić information content (AvgIpc) is 2.55. The van der Waals surface area contributed by atoms with Crippen LogP contribution in [0.25, 0.3) is 0 Å². The number of hydrogen-bond donors (Lipinski definition) is 1. The van der Waals surface area contributed by atoms with Crippen LogP contribution in [0, 0.1) is 11.8 Å². The molecule has 0 saturated carbocycles. The van der Waals surface area contributed by atoms with Gasteiger partial charge in [-0.3, -0.25) is 4.79 Å². The SMILES string of the molecule is CCOCCCN1CC[C@H](NC(=O)[C@@H]2CC=CCC2)[C@H](C)C1. The predicted octanol–water partition coefficient (Wildman–Crippen LogP) is 2.60. The molecule has 2 rings (SSSR count). The summed E-state index contributed by atoms with van der Waals surface area (Å²) in [5, 5.41) is 3.31. The van der Waals surface area contributed by atoms with E-state index in [1.165, 1.54) is 0 Å². The van der Waals surface area contributed by atoms with Crippen molar-refractivity contribution >= 4 is 5.91 Å². The highest BCUT2D eigenvalue weighted by Crippen LogP contribution is 2.21. The van der Waals surface area contributed by atoms with Crippen LogP contribution >= 0.6 is 0 Å². The first kappa shape index (κ1) is 17.5. The number of nitrogens with zero attached hydrogens (tertiary/aromatic N) is 1. The molecule has 1 fully saturated rings. The number of carbonyl (C=O) groups is 1. The van der Waals surface area contributed by atoms with Crippen molar-refractivity contribution in [2.45, 2.75) is 52.0 Å². The lowest BCUT2D eigenvalue weighted by Gasteiger charge is -2.38. The molecule has 1 N–H and O–H groups in total. The maximum Gasteiger partial charge on any atom is 0.223 e. The van der Waals surface area contributed by atoms with Gasteiger partial charge in [0, 0.05) is 44.8 Å². The molecule has 3 atom stereocenters. The quantitative estimate of drug-likeness (QED) is 0.580. The summed E-state index contributed by atoms with van der Waals surface area (Å²) in [6, 6.07) is 0.349. The Balaban J connectivity index is 1.69. The molecule has 0 bridgehead atoms. The Hall–Kier alpha value is -0.870. The lowest BCUT2D eigenvalue weighted by molar-refractivity contribution is -0.126. The number of likely N-dealkylation sites (tertiary alicyclic amines) is 1. The van der Waals surface area contributed by atoms with Crippen molar-refractivity contribution in [3.8, 4) is 0 Å². The van der Waals surface area contributed by atoms with Crippen molar-refractivity contribution < 1.29 is 9.53 Å². The largest absolute Gasteiger partial charge is 0.382 e. The fraction of sp³-hybridized carbons (Fsp3) is 0.833. The van der Waals surface area contributed by atoms with E-state index in [0.29, 0.717) is 12.0 Å². The molecule has 2 aliphatic rings. The van der Waals surface area contributed by atoms with Crippen LogP contribution in [0.5, 0.6) is 0 Å². The van der Waals surface area contributed by atoms with Gasteiger partial charge in [0.2, 0.25) is 5.91 Å². The summed E-state index contributed by atoms with van der Waals surface area (Å²) in [6.07, 6.45) is 9.48. The van der Waals surface area contributed by atoms with Crippen molar-refractivity contribution in [2.24, 2.45) is 11.8 Å². The van der Waals surface area contributed by atoms with E-state index in [2.05, 4.69) is 29.3 Å². The van der Waals surface area contributed by atoms with E-state index in [1.807, 2.05) is 6.92 Å². The molecule has 0 aromatic carbocycles. The van der Waals surface area contributed by atoms with Crippen LogP contribution in [0.1, 0.15) is 46.0 Å². The van der Waals surface area contributed by atoms with Crippen molar-refractivity contribution in [3.63, 3.8) is 0 Å². The number of nitrogens with one attached hydrogen (secondary N) is 1. The minimum absolute atomic E-state index is 0.196. The number of piperidine rings is 1. The molecule has 0 unspecified atom stereocenters. The van der Waals surface area contributed by atoms with Crippen molar-refractivity contribution in [2.75, 3.05) is 32.8 Å². The monoisotopic (exact) mass is 308 g/mol. The normalized spacial score (nSPS) is 29.5. The summed E-state index contributed by atoms with van der Waals surface area (Å²) in [6.45, 7) is 9.25. The van der Waals surface area contributed by atoms with Gasteiger partial charge in [0.05, 0.1) is 0 Å². The minimum atomic E-state index is 0.196. The fourth-order valence-corrected chi connectivity index (χ4v) is 3.52. The Morgan fingerprint density at radius 1 is 1.36 bits per heavy atom. The molecule has 0 aromatic rings. The molecular weight excluding hydrogens is 276 g/mol. The summed E-state index contributed by atoms with van der Waals surface area (Å²) in [7, 11) is 0. The Labute approximate surface area is 135 Å². The van der Waals surface area contributed by atoms with Crippen LogP contribution in [0.4, 0.5) is 0 Å². The summed E-state index contributed by atoms with van der Waals surface area (Å²) in [4.78, 5) is 14.9. The Bertz CT molecular complexity index is 370. The highest BCUT2D eigenvalue weighted by molar-refractivity contribution is 5.79. The van der Waals surface area contributed by atoms with Crippen LogP contribution < -0.4 is 5.32 Å². The van der Waals surface area contributed by atoms with Gasteiger partial charge in [-0.25, -0.2) is 0 Å². The maximum atomic E-state index is 12.4. The van der Waals surface area contributed by atoms with Gasteiger partial charge in [-0.05, 0) is 44.9 Å². The lowest BCUT2D eigenvalue weighted by Crippen LogP contribution is -2.51. The summed E-state index contributed by atoms with van der Waals surface area (Å²) >= 11 is 0. The third-order valence-electron chi connectivity index (χ3n) is 4.92. The van der Waals surface area contributed by atoms with E-state index in [-0.39, 0.29) is 11.8 Å². The maximum absolute atomic E-state index is 12.4. The summed E-state index contributed by atoms with van der Waals surface area (Å²) in [5.74, 6) is 0.997. The van der Waals surface area contributed by atoms with E-state index in [9.17, 15) is 4.79 Å². The standard InChI is InChI=1S/C18H32N2O2/c1-3-22-13-7-11-20-12-10-17(15(2)14-20)19-18(21)16-8-5-4-6-9-16/h4-5,15-17H,3,6-14H2,1-2H3,(H,19,21)/t15-,16-,17+/m1/s1. The zero-order valence-corrected chi connectivity index (χ0v) is 14.2. The van der Waals surface area contributed by atoms with Gasteiger partial charge in [-0.15, -0.1) is 0 Å². The molecule has 1 amide bonds. The second kappa shape index (κ2) is 9.31. The van der Waals surface area contributed by atoms with E-state index < -0.39 is 0 Å². The van der Waals surface area contributed by atoms with Crippen LogP contribution in [-0.2, 0) is 9.53 Å². The fourth-order valence-electron chi connectivity index (χ4n) is 3.52. The first-order valence-electron chi connectivity index (χ1n) is 8.96. The zero-order valence-electron chi connectivity index (χ0n) is 14.2. The van der Waals surface area contributed by atoms with Crippen molar-refractivity contribution in [3.05, 3.63) is 12.2 Å². The van der Waals surface area contributed by atoms with Crippen LogP contribution in [0.3, 0.4) is 0 Å². The molecule has 126 valence electrons. The van der Waals surface area contributed by atoms with Crippen LogP contribution in [0.2, 0.25) is 0 Å². The zero-order chi connectivity index (χ0) is 15.8. The van der Waals surface area contributed by atoms with Gasteiger partial charge in [0.25, 0.3) is 0 Å². The molecule has 1 aliphatic heterocycles. The third kappa shape index (κ3) is 5.40. The summed E-state index contributed by atoms with van der Waals surface area (Å²) in [5.41, 5.74) is 0. The molecule has 4 heteroatoms. The summed E-state index contributed by atoms with van der Waals surface area (Å²) < 4.78 is 5.40. The van der Waals surface area contributed by atoms with Crippen LogP contribution in [0.15, 0.2) is 12.2 Å². The number of amides is 1. The number of allylic oxidation sites excluding steroid dienone is 2. The Morgan fingerprint density at radius 2 is 2.23 bits per heavy atom. The van der Waals surface area contributed by atoms with Crippen molar-refractivity contribution in [1.82, 2.24) is 10.2 Å². The topological polar surface area (TPSA) is 41.6 Å². The molecule has 1 heterocycles. The number of rotatable bonds is 7. The minimum Gasteiger partial charge on any atom is -0.382 e. The highest BCUT2D eigenvalue weighted by atomic mass is 16.5. The van der Waals surface area contributed by atoms with E-state index >= 15 is 0 Å². The molecule has 0 aromatic heterocycles. The van der Waals surface area contributed by atoms with Gasteiger partial charge in [0.15, 0.2) is 0 Å². The second-order valence-electron chi connectivity index (χ2n) is 6.71. The third-order valence-corrected chi connectivity index (χ3v) is 4.92. The average molecular weight is 308 g/mol. The number of carbonyl (C=O) groups excluding carboxylic acids is 1. The Morgan fingerprint density at radius 3 is 2.91 bits per heavy atom. The predicted molar refractivity (Wildman–Crippen MR) is 89.7 cm³/mol. The molecule has 4 nitrogen and oxygen atoms in total. The smallest absolute Gasteiger partial charge is 0.223 e. The molecule has 1 aliphatic carbocycles. The second-order valence-corrected chi connectivity index (χ2v) is 6.71. The highest BCUT2D eigenvalue weighted by Gasteiger charge is 2.29. The van der Waals surface area contributed by atoms with Gasteiger partial charge in [-0.2, -0.15) is 0 Å². The number of hydrogen-bond acceptors (Lipinski definition) is 3. The van der Waals surface area contributed by atoms with E-state index in [0.717, 1.165) is 65.0 Å². The first-order valence-corrected chi connectivity index (χ1v) is 8.96. The number of ether oxygens (including phenoxy) is 1. The van der Waals surface area contributed by atoms with Gasteiger partial charge < -0.3 is 15.0 Å². The van der Waals surface area contributed by atoms with E-state index in [1.54, 1.807) is 0 Å². The Kier molecular flexibility index (Phi) is 7.40. The van der Waals surface area contributed by atoms with Gasteiger partial charge in [0.1, 0.15) is 0 Å².